The first-order valence-electron chi connectivity index (χ1n) is 9.92. The molecule has 3 N–H and O–H groups in total. The second kappa shape index (κ2) is 5.60. The van der Waals surface area contributed by atoms with E-state index >= 15 is 0 Å². The molecule has 0 radical (unpaired) electrons. The fourth-order valence-electron chi connectivity index (χ4n) is 6.77. The van der Waals surface area contributed by atoms with Gasteiger partial charge in [-0.05, 0) is 86.3 Å². The maximum absolute atomic E-state index is 10.2. The van der Waals surface area contributed by atoms with E-state index in [1.54, 1.807) is 5.57 Å². The predicted octanol–water partition coefficient (Wildman–Crippen LogP) is 3.37. The fourth-order valence-corrected chi connectivity index (χ4v) is 6.77. The third-order valence-corrected chi connectivity index (χ3v) is 8.26. The van der Waals surface area contributed by atoms with E-state index < -0.39 is 0 Å². The minimum atomic E-state index is -0.141. The van der Waals surface area contributed by atoms with Crippen LogP contribution >= 0.6 is 0 Å². The number of hydrogen-bond donors (Lipinski definition) is 3. The molecule has 0 aliphatic heterocycles. The lowest BCUT2D eigenvalue weighted by atomic mass is 9.50. The van der Waals surface area contributed by atoms with Gasteiger partial charge in [-0.2, -0.15) is 0 Å². The minimum Gasteiger partial charge on any atom is -0.393 e. The predicted molar refractivity (Wildman–Crippen MR) is 98.5 cm³/mol. The Balaban J connectivity index is 1.81. The molecule has 1 unspecified atom stereocenters. The van der Waals surface area contributed by atoms with E-state index in [1.165, 1.54) is 37.0 Å². The molecule has 3 nitrogen and oxygen atoms in total. The number of aliphatic hydroxyl groups excluding tert-OH is 1. The van der Waals surface area contributed by atoms with Crippen molar-refractivity contribution in [3.8, 4) is 0 Å². The first-order chi connectivity index (χ1) is 11.4. The quantitative estimate of drug-likeness (QED) is 0.727. The number of likely N-dealkylation sites (N-methyl/N-ethyl adjacent to an activating group) is 1. The van der Waals surface area contributed by atoms with E-state index in [9.17, 15) is 5.11 Å². The van der Waals surface area contributed by atoms with Crippen LogP contribution in [0.3, 0.4) is 0 Å². The summed E-state index contributed by atoms with van der Waals surface area (Å²) >= 11 is 0. The summed E-state index contributed by atoms with van der Waals surface area (Å²) < 4.78 is 0. The van der Waals surface area contributed by atoms with Gasteiger partial charge in [-0.15, -0.1) is 0 Å². The van der Waals surface area contributed by atoms with E-state index in [0.717, 1.165) is 19.3 Å². The smallest absolute Gasteiger partial charge is 0.0578 e. The molecule has 4 aliphatic carbocycles. The van der Waals surface area contributed by atoms with Crippen LogP contribution in [-0.4, -0.2) is 31.3 Å². The van der Waals surface area contributed by atoms with E-state index in [4.69, 9.17) is 0 Å². The van der Waals surface area contributed by atoms with Gasteiger partial charge in [0.2, 0.25) is 0 Å². The molecule has 0 aromatic rings. The summed E-state index contributed by atoms with van der Waals surface area (Å²) in [5.41, 5.74) is 5.25. The van der Waals surface area contributed by atoms with Crippen LogP contribution in [-0.2, 0) is 0 Å². The Hall–Kier alpha value is -0.800. The van der Waals surface area contributed by atoms with Gasteiger partial charge in [-0.1, -0.05) is 19.4 Å². The number of fused-ring (bicyclic) bond motifs is 5. The topological polar surface area (TPSA) is 44.3 Å². The van der Waals surface area contributed by atoms with Crippen LogP contribution in [0.4, 0.5) is 0 Å². The van der Waals surface area contributed by atoms with Gasteiger partial charge < -0.3 is 15.7 Å². The minimum absolute atomic E-state index is 0.141. The maximum atomic E-state index is 10.2. The van der Waals surface area contributed by atoms with Crippen molar-refractivity contribution in [2.75, 3.05) is 14.1 Å². The highest BCUT2D eigenvalue weighted by atomic mass is 16.3. The second-order valence-electron chi connectivity index (χ2n) is 9.17. The van der Waals surface area contributed by atoms with Crippen molar-refractivity contribution in [2.24, 2.45) is 22.7 Å². The van der Waals surface area contributed by atoms with Gasteiger partial charge in [-0.25, -0.2) is 0 Å². The Morgan fingerprint density at radius 2 is 1.83 bits per heavy atom. The van der Waals surface area contributed by atoms with Crippen molar-refractivity contribution in [3.05, 3.63) is 22.9 Å². The largest absolute Gasteiger partial charge is 0.393 e. The molecule has 3 saturated carbocycles. The molecule has 4 aliphatic rings. The Bertz CT molecular complexity index is 591. The molecule has 3 fully saturated rings. The first-order valence-corrected chi connectivity index (χ1v) is 9.92. The number of hydrogen-bond acceptors (Lipinski definition) is 3. The fraction of sp³-hybridized carbons (Fsp3) is 0.810. The lowest BCUT2D eigenvalue weighted by Gasteiger charge is -2.55. The summed E-state index contributed by atoms with van der Waals surface area (Å²) in [4.78, 5) is 0. The Morgan fingerprint density at radius 3 is 2.54 bits per heavy atom. The maximum Gasteiger partial charge on any atom is 0.0578 e. The zero-order chi connectivity index (χ0) is 17.1. The van der Waals surface area contributed by atoms with Crippen LogP contribution in [0.1, 0.15) is 58.8 Å². The zero-order valence-corrected chi connectivity index (χ0v) is 15.8. The molecule has 3 heteroatoms. The van der Waals surface area contributed by atoms with E-state index in [1.807, 2.05) is 0 Å². The molecular formula is C21H34N2O. The number of nitrogens with one attached hydrogen (secondary N) is 2. The summed E-state index contributed by atoms with van der Waals surface area (Å²) in [5, 5.41) is 17.3. The van der Waals surface area contributed by atoms with Crippen molar-refractivity contribution < 1.29 is 5.11 Å². The molecule has 134 valence electrons. The van der Waals surface area contributed by atoms with Gasteiger partial charge >= 0.3 is 0 Å². The lowest BCUT2D eigenvalue weighted by Crippen LogP contribution is -2.50. The van der Waals surface area contributed by atoms with Crippen molar-refractivity contribution in [3.63, 3.8) is 0 Å². The second-order valence-corrected chi connectivity index (χ2v) is 9.17. The van der Waals surface area contributed by atoms with Crippen molar-refractivity contribution in [2.45, 2.75) is 70.9 Å². The molecule has 6 atom stereocenters. The Labute approximate surface area is 147 Å². The first kappa shape index (κ1) is 16.7. The van der Waals surface area contributed by atoms with Gasteiger partial charge in [0.1, 0.15) is 0 Å². The number of aliphatic hydroxyl groups is 1. The van der Waals surface area contributed by atoms with E-state index in [-0.39, 0.29) is 11.5 Å². The Kier molecular flexibility index (Phi) is 3.89. The average Bonchev–Trinajstić information content (AvgIpc) is 2.91. The van der Waals surface area contributed by atoms with E-state index in [2.05, 4.69) is 44.7 Å². The summed E-state index contributed by atoms with van der Waals surface area (Å²) in [6.07, 6.45) is 10.5. The highest BCUT2D eigenvalue weighted by Crippen LogP contribution is 2.64. The lowest BCUT2D eigenvalue weighted by molar-refractivity contribution is 0.0503. The van der Waals surface area contributed by atoms with Crippen molar-refractivity contribution in [1.82, 2.24) is 10.6 Å². The van der Waals surface area contributed by atoms with Crippen LogP contribution < -0.4 is 10.6 Å². The molecule has 0 aromatic carbocycles. The molecular weight excluding hydrogens is 296 g/mol. The van der Waals surface area contributed by atoms with Gasteiger partial charge in [0, 0.05) is 18.8 Å². The molecule has 0 spiro atoms. The molecule has 0 saturated heterocycles. The molecule has 24 heavy (non-hydrogen) atoms. The number of rotatable bonds is 2. The SMILES string of the molecule is CNC1=C2[C@H](CC[C@]3(C)C(NC)CC[C@@H]23)[C@@]2(C)CC[C@H](O)CC2=C1. The molecule has 0 bridgehead atoms. The Morgan fingerprint density at radius 1 is 1.04 bits per heavy atom. The number of allylic oxidation sites excluding steroid dienone is 2. The summed E-state index contributed by atoms with van der Waals surface area (Å²) in [6, 6.07) is 0.653. The van der Waals surface area contributed by atoms with Crippen LogP contribution in [0.2, 0.25) is 0 Å². The van der Waals surface area contributed by atoms with Gasteiger partial charge in [0.15, 0.2) is 0 Å². The highest BCUT2D eigenvalue weighted by Gasteiger charge is 2.57. The monoisotopic (exact) mass is 330 g/mol. The molecule has 0 heterocycles. The van der Waals surface area contributed by atoms with Gasteiger partial charge in [0.25, 0.3) is 0 Å². The zero-order valence-electron chi connectivity index (χ0n) is 15.8. The molecule has 4 rings (SSSR count). The average molecular weight is 331 g/mol. The normalized spacial score (nSPS) is 47.6. The summed E-state index contributed by atoms with van der Waals surface area (Å²) in [6.45, 7) is 5.00. The van der Waals surface area contributed by atoms with Crippen molar-refractivity contribution in [1.29, 1.82) is 0 Å². The van der Waals surface area contributed by atoms with Crippen molar-refractivity contribution >= 4 is 0 Å². The summed E-state index contributed by atoms with van der Waals surface area (Å²) in [7, 11) is 4.22. The highest BCUT2D eigenvalue weighted by molar-refractivity contribution is 5.44. The van der Waals surface area contributed by atoms with Crippen LogP contribution in [0.15, 0.2) is 22.9 Å². The third kappa shape index (κ3) is 2.10. The van der Waals surface area contributed by atoms with Gasteiger partial charge in [-0.3, -0.25) is 0 Å². The third-order valence-electron chi connectivity index (χ3n) is 8.26. The van der Waals surface area contributed by atoms with Crippen LogP contribution in [0.5, 0.6) is 0 Å². The van der Waals surface area contributed by atoms with Gasteiger partial charge in [0.05, 0.1) is 6.10 Å². The van der Waals surface area contributed by atoms with Crippen LogP contribution in [0, 0.1) is 22.7 Å². The summed E-state index contributed by atoms with van der Waals surface area (Å²) in [5.74, 6) is 1.37. The molecule has 0 amide bonds. The van der Waals surface area contributed by atoms with Crippen LogP contribution in [0.25, 0.3) is 0 Å². The standard InChI is InChI=1S/C21H34N2O/c1-20-9-7-14(24)11-13(20)12-17(22-3)19-15-5-6-18(23-4)21(15,2)10-8-16(19)20/h12,14-16,18,22-24H,5-11H2,1-4H3/t14-,15-,16-,18?,20-,21-/m0/s1. The van der Waals surface area contributed by atoms with E-state index in [0.29, 0.717) is 23.3 Å². The molecule has 0 aromatic heterocycles.